The molecule has 1 aliphatic rings. The molecule has 2 heterocycles. The van der Waals surface area contributed by atoms with Crippen LogP contribution in [0, 0.1) is 5.92 Å². The molecular formula is C17H18F3N3O2. The second-order valence-corrected chi connectivity index (χ2v) is 6.17. The molecular weight excluding hydrogens is 335 g/mol. The summed E-state index contributed by atoms with van der Waals surface area (Å²) in [5.41, 5.74) is 1.34. The molecule has 0 unspecified atom stereocenters. The van der Waals surface area contributed by atoms with Crippen molar-refractivity contribution in [3.63, 3.8) is 0 Å². The second-order valence-electron chi connectivity index (χ2n) is 6.17. The number of likely N-dealkylation sites (tertiary alicyclic amines) is 1. The van der Waals surface area contributed by atoms with E-state index in [1.807, 2.05) is 29.6 Å². The minimum absolute atomic E-state index is 0.162. The number of amides is 2. The fraction of sp³-hybridized carbons (Fsp3) is 0.412. The molecule has 0 bridgehead atoms. The Hall–Kier alpha value is -2.51. The van der Waals surface area contributed by atoms with Gasteiger partial charge in [-0.05, 0) is 25.0 Å². The van der Waals surface area contributed by atoms with Crippen molar-refractivity contribution in [2.45, 2.75) is 19.0 Å². The van der Waals surface area contributed by atoms with Crippen LogP contribution in [-0.4, -0.2) is 47.5 Å². The SMILES string of the molecule is O=C(NCC(F)(F)F)C1CCN(C(=O)c2cc3ccccc3[nH]2)CC1. The number of nitrogens with one attached hydrogen (secondary N) is 2. The summed E-state index contributed by atoms with van der Waals surface area (Å²) in [6.07, 6.45) is -3.70. The Labute approximate surface area is 142 Å². The summed E-state index contributed by atoms with van der Waals surface area (Å²) >= 11 is 0. The van der Waals surface area contributed by atoms with E-state index in [4.69, 9.17) is 0 Å². The topological polar surface area (TPSA) is 65.2 Å². The molecule has 2 N–H and O–H groups in total. The summed E-state index contributed by atoms with van der Waals surface area (Å²) in [6.45, 7) is -0.628. The number of aromatic amines is 1. The maximum atomic E-state index is 12.5. The summed E-state index contributed by atoms with van der Waals surface area (Å²) in [7, 11) is 0. The number of alkyl halides is 3. The maximum Gasteiger partial charge on any atom is 0.405 e. The Bertz CT molecular complexity index is 744. The summed E-state index contributed by atoms with van der Waals surface area (Å²) in [4.78, 5) is 29.0. The lowest BCUT2D eigenvalue weighted by Gasteiger charge is -2.31. The monoisotopic (exact) mass is 353 g/mol. The third-order valence-corrected chi connectivity index (χ3v) is 4.38. The number of hydrogen-bond acceptors (Lipinski definition) is 2. The number of nitrogens with zero attached hydrogens (tertiary/aromatic N) is 1. The highest BCUT2D eigenvalue weighted by Gasteiger charge is 2.32. The van der Waals surface area contributed by atoms with Crippen LogP contribution in [0.5, 0.6) is 0 Å². The van der Waals surface area contributed by atoms with Gasteiger partial charge in [-0.1, -0.05) is 18.2 Å². The predicted molar refractivity (Wildman–Crippen MR) is 86.0 cm³/mol. The van der Waals surface area contributed by atoms with Crippen LogP contribution in [0.2, 0.25) is 0 Å². The standard InChI is InChI=1S/C17H18F3N3O2/c18-17(19,20)10-21-15(24)11-5-7-23(8-6-11)16(25)14-9-12-3-1-2-4-13(12)22-14/h1-4,9,11,22H,5-8,10H2,(H,21,24). The lowest BCUT2D eigenvalue weighted by atomic mass is 9.95. The number of rotatable bonds is 3. The average molecular weight is 353 g/mol. The number of carbonyl (C=O) groups is 2. The van der Waals surface area contributed by atoms with Gasteiger partial charge >= 0.3 is 6.18 Å². The van der Waals surface area contributed by atoms with E-state index in [1.165, 1.54) is 0 Å². The number of fused-ring (bicyclic) bond motifs is 1. The van der Waals surface area contributed by atoms with Gasteiger partial charge in [0, 0.05) is 29.9 Å². The Balaban J connectivity index is 1.56. The number of carbonyl (C=O) groups excluding carboxylic acids is 2. The number of hydrogen-bond donors (Lipinski definition) is 2. The van der Waals surface area contributed by atoms with Crippen molar-refractivity contribution < 1.29 is 22.8 Å². The van der Waals surface area contributed by atoms with E-state index in [9.17, 15) is 22.8 Å². The van der Waals surface area contributed by atoms with Crippen molar-refractivity contribution >= 4 is 22.7 Å². The largest absolute Gasteiger partial charge is 0.405 e. The zero-order chi connectivity index (χ0) is 18.0. The van der Waals surface area contributed by atoms with Gasteiger partial charge in [0.2, 0.25) is 5.91 Å². The summed E-state index contributed by atoms with van der Waals surface area (Å²) in [5, 5.41) is 2.85. The first-order valence-electron chi connectivity index (χ1n) is 8.05. The molecule has 0 aliphatic carbocycles. The lowest BCUT2D eigenvalue weighted by Crippen LogP contribution is -2.44. The van der Waals surface area contributed by atoms with Crippen LogP contribution in [0.4, 0.5) is 13.2 Å². The van der Waals surface area contributed by atoms with Crippen molar-refractivity contribution in [2.75, 3.05) is 19.6 Å². The lowest BCUT2D eigenvalue weighted by molar-refractivity contribution is -0.141. The number of benzene rings is 1. The van der Waals surface area contributed by atoms with Crippen LogP contribution < -0.4 is 5.32 Å². The highest BCUT2D eigenvalue weighted by molar-refractivity contribution is 5.98. The number of H-pyrrole nitrogens is 1. The molecule has 0 atom stereocenters. The van der Waals surface area contributed by atoms with Gasteiger partial charge in [-0.15, -0.1) is 0 Å². The normalized spacial score (nSPS) is 16.2. The molecule has 134 valence electrons. The molecule has 2 amide bonds. The number of aromatic nitrogens is 1. The van der Waals surface area contributed by atoms with Gasteiger partial charge in [0.15, 0.2) is 0 Å². The summed E-state index contributed by atoms with van der Waals surface area (Å²) in [5.74, 6) is -1.26. The minimum Gasteiger partial charge on any atom is -0.351 e. The zero-order valence-corrected chi connectivity index (χ0v) is 13.4. The first kappa shape index (κ1) is 17.3. The molecule has 0 spiro atoms. The predicted octanol–water partition coefficient (Wildman–Crippen LogP) is 2.70. The van der Waals surface area contributed by atoms with Crippen molar-refractivity contribution in [3.8, 4) is 0 Å². The fourth-order valence-electron chi connectivity index (χ4n) is 3.04. The Morgan fingerprint density at radius 2 is 1.88 bits per heavy atom. The molecule has 3 rings (SSSR count). The van der Waals surface area contributed by atoms with Gasteiger partial charge in [0.1, 0.15) is 12.2 Å². The van der Waals surface area contributed by atoms with Crippen molar-refractivity contribution in [1.29, 1.82) is 0 Å². The van der Waals surface area contributed by atoms with E-state index in [0.717, 1.165) is 10.9 Å². The second kappa shape index (κ2) is 6.78. The quantitative estimate of drug-likeness (QED) is 0.891. The van der Waals surface area contributed by atoms with Crippen LogP contribution in [0.15, 0.2) is 30.3 Å². The zero-order valence-electron chi connectivity index (χ0n) is 13.4. The van der Waals surface area contributed by atoms with Crippen molar-refractivity contribution in [3.05, 3.63) is 36.0 Å². The molecule has 1 aromatic heterocycles. The molecule has 5 nitrogen and oxygen atoms in total. The van der Waals surface area contributed by atoms with Crippen LogP contribution in [0.1, 0.15) is 23.3 Å². The van der Waals surface area contributed by atoms with Crippen LogP contribution in [0.25, 0.3) is 10.9 Å². The minimum atomic E-state index is -4.41. The first-order valence-corrected chi connectivity index (χ1v) is 8.05. The van der Waals surface area contributed by atoms with Crippen LogP contribution >= 0.6 is 0 Å². The highest BCUT2D eigenvalue weighted by atomic mass is 19.4. The summed E-state index contributed by atoms with van der Waals surface area (Å²) < 4.78 is 36.5. The third-order valence-electron chi connectivity index (χ3n) is 4.38. The van der Waals surface area contributed by atoms with Gasteiger partial charge in [-0.2, -0.15) is 13.2 Å². The Kier molecular flexibility index (Phi) is 4.69. The highest BCUT2D eigenvalue weighted by Crippen LogP contribution is 2.22. The van der Waals surface area contributed by atoms with Gasteiger partial charge in [-0.25, -0.2) is 0 Å². The van der Waals surface area contributed by atoms with E-state index < -0.39 is 24.5 Å². The molecule has 0 radical (unpaired) electrons. The molecule has 8 heteroatoms. The molecule has 25 heavy (non-hydrogen) atoms. The molecule has 1 fully saturated rings. The number of piperidine rings is 1. The summed E-state index contributed by atoms with van der Waals surface area (Å²) in [6, 6.07) is 9.32. The van der Waals surface area contributed by atoms with Gasteiger partial charge in [0.05, 0.1) is 0 Å². The molecule has 1 saturated heterocycles. The van der Waals surface area contributed by atoms with E-state index in [0.29, 0.717) is 31.6 Å². The Morgan fingerprint density at radius 3 is 2.52 bits per heavy atom. The molecule has 2 aromatic rings. The van der Waals surface area contributed by atoms with Crippen LogP contribution in [0.3, 0.4) is 0 Å². The van der Waals surface area contributed by atoms with E-state index in [2.05, 4.69) is 4.98 Å². The number of para-hydroxylation sites is 1. The molecule has 1 aromatic carbocycles. The van der Waals surface area contributed by atoms with Gasteiger partial charge in [0.25, 0.3) is 5.91 Å². The molecule has 1 aliphatic heterocycles. The van der Waals surface area contributed by atoms with Crippen molar-refractivity contribution in [2.24, 2.45) is 5.92 Å². The average Bonchev–Trinajstić information content (AvgIpc) is 3.02. The smallest absolute Gasteiger partial charge is 0.351 e. The Morgan fingerprint density at radius 1 is 1.20 bits per heavy atom. The van der Waals surface area contributed by atoms with E-state index in [-0.39, 0.29) is 5.91 Å². The van der Waals surface area contributed by atoms with Gasteiger partial charge < -0.3 is 15.2 Å². The van der Waals surface area contributed by atoms with E-state index in [1.54, 1.807) is 11.0 Å². The van der Waals surface area contributed by atoms with Crippen LogP contribution in [-0.2, 0) is 4.79 Å². The maximum absolute atomic E-state index is 12.5. The van der Waals surface area contributed by atoms with E-state index >= 15 is 0 Å². The third kappa shape index (κ3) is 4.12. The fourth-order valence-corrected chi connectivity index (χ4v) is 3.04. The van der Waals surface area contributed by atoms with Crippen molar-refractivity contribution in [1.82, 2.24) is 15.2 Å². The molecule has 0 saturated carbocycles. The van der Waals surface area contributed by atoms with Gasteiger partial charge in [-0.3, -0.25) is 9.59 Å². The number of halogens is 3. The first-order chi connectivity index (χ1) is 11.8.